The number of nitrogens with zero attached hydrogens (tertiary/aromatic N) is 1. The monoisotopic (exact) mass is 248 g/mol. The fourth-order valence-electron chi connectivity index (χ4n) is 2.49. The van der Waals surface area contributed by atoms with Crippen molar-refractivity contribution in [3.05, 3.63) is 18.2 Å². The van der Waals surface area contributed by atoms with Crippen LogP contribution < -0.4 is 15.4 Å². The summed E-state index contributed by atoms with van der Waals surface area (Å²) in [4.78, 5) is 2.41. The van der Waals surface area contributed by atoms with Crippen molar-refractivity contribution in [3.63, 3.8) is 0 Å². The molecule has 2 rings (SSSR count). The number of fused-ring (bicyclic) bond motifs is 1. The molecule has 1 aliphatic heterocycles. The molecule has 0 radical (unpaired) electrons. The van der Waals surface area contributed by atoms with Gasteiger partial charge in [-0.05, 0) is 38.5 Å². The van der Waals surface area contributed by atoms with E-state index < -0.39 is 0 Å². The van der Waals surface area contributed by atoms with Gasteiger partial charge in [0.25, 0.3) is 0 Å². The van der Waals surface area contributed by atoms with Gasteiger partial charge in [-0.15, -0.1) is 0 Å². The molecule has 1 aromatic rings. The molecule has 0 saturated carbocycles. The maximum atomic E-state index is 6.01. The molecule has 0 unspecified atom stereocenters. The van der Waals surface area contributed by atoms with Crippen LogP contribution in [0.25, 0.3) is 0 Å². The lowest BCUT2D eigenvalue weighted by molar-refractivity contribution is 0.105. The van der Waals surface area contributed by atoms with Crippen molar-refractivity contribution in [2.75, 3.05) is 23.7 Å². The lowest BCUT2D eigenvalue weighted by atomic mass is 10.0. The Bertz CT molecular complexity index is 415. The summed E-state index contributed by atoms with van der Waals surface area (Å²) in [6.07, 6.45) is 3.74. The third kappa shape index (κ3) is 2.89. The fourth-order valence-corrected chi connectivity index (χ4v) is 2.49. The molecule has 0 aliphatic carbocycles. The Kier molecular flexibility index (Phi) is 3.69. The summed E-state index contributed by atoms with van der Waals surface area (Å²) in [5, 5.41) is 0. The second-order valence-corrected chi connectivity index (χ2v) is 5.72. The van der Waals surface area contributed by atoms with E-state index in [1.165, 1.54) is 19.3 Å². The Balaban J connectivity index is 2.21. The molecule has 0 fully saturated rings. The summed E-state index contributed by atoms with van der Waals surface area (Å²) in [7, 11) is 0. The average molecular weight is 248 g/mol. The molecule has 1 aliphatic rings. The van der Waals surface area contributed by atoms with E-state index in [0.29, 0.717) is 0 Å². The predicted octanol–water partition coefficient (Wildman–Crippen LogP) is 3.44. The topological polar surface area (TPSA) is 38.5 Å². The summed E-state index contributed by atoms with van der Waals surface area (Å²) in [5.41, 5.74) is 7.70. The Morgan fingerprint density at radius 1 is 1.33 bits per heavy atom. The Labute approximate surface area is 110 Å². The minimum atomic E-state index is -0.130. The zero-order valence-corrected chi connectivity index (χ0v) is 11.7. The lowest BCUT2D eigenvalue weighted by Gasteiger charge is -2.41. The van der Waals surface area contributed by atoms with Gasteiger partial charge in [0.05, 0.1) is 12.2 Å². The summed E-state index contributed by atoms with van der Waals surface area (Å²) >= 11 is 0. The van der Waals surface area contributed by atoms with Gasteiger partial charge >= 0.3 is 0 Å². The quantitative estimate of drug-likeness (QED) is 0.655. The smallest absolute Gasteiger partial charge is 0.143 e. The molecule has 0 bridgehead atoms. The minimum absolute atomic E-state index is 0.130. The van der Waals surface area contributed by atoms with Crippen molar-refractivity contribution in [2.24, 2.45) is 0 Å². The molecular formula is C15H24N2O. The van der Waals surface area contributed by atoms with Crippen LogP contribution in [-0.4, -0.2) is 18.7 Å². The number of rotatable bonds is 4. The van der Waals surface area contributed by atoms with Crippen LogP contribution in [0.5, 0.6) is 5.75 Å². The molecule has 100 valence electrons. The normalized spacial score (nSPS) is 17.2. The van der Waals surface area contributed by atoms with Gasteiger partial charge in [-0.2, -0.15) is 0 Å². The molecule has 0 aromatic heterocycles. The van der Waals surface area contributed by atoms with E-state index in [2.05, 4.69) is 25.7 Å². The van der Waals surface area contributed by atoms with Crippen LogP contribution in [0.3, 0.4) is 0 Å². The highest BCUT2D eigenvalue weighted by Gasteiger charge is 2.31. The van der Waals surface area contributed by atoms with Crippen LogP contribution >= 0.6 is 0 Å². The number of nitrogen functional groups attached to an aromatic ring is 1. The highest BCUT2D eigenvalue weighted by Crippen LogP contribution is 2.38. The number of hydrogen-bond donors (Lipinski definition) is 1. The van der Waals surface area contributed by atoms with Crippen LogP contribution in [0.2, 0.25) is 0 Å². The zero-order valence-electron chi connectivity index (χ0n) is 11.7. The van der Waals surface area contributed by atoms with Gasteiger partial charge < -0.3 is 15.4 Å². The molecule has 0 amide bonds. The summed E-state index contributed by atoms with van der Waals surface area (Å²) in [6.45, 7) is 8.51. The van der Waals surface area contributed by atoms with Crippen LogP contribution in [0.15, 0.2) is 18.2 Å². The number of hydrogen-bond acceptors (Lipinski definition) is 3. The third-order valence-electron chi connectivity index (χ3n) is 3.31. The van der Waals surface area contributed by atoms with Crippen LogP contribution in [0.4, 0.5) is 11.4 Å². The van der Waals surface area contributed by atoms with Crippen molar-refractivity contribution in [1.29, 1.82) is 0 Å². The van der Waals surface area contributed by atoms with E-state index in [4.69, 9.17) is 10.5 Å². The van der Waals surface area contributed by atoms with E-state index in [9.17, 15) is 0 Å². The van der Waals surface area contributed by atoms with Gasteiger partial charge in [-0.1, -0.05) is 19.8 Å². The summed E-state index contributed by atoms with van der Waals surface area (Å²) in [6, 6.07) is 5.92. The second kappa shape index (κ2) is 5.09. The van der Waals surface area contributed by atoms with E-state index in [-0.39, 0.29) is 5.60 Å². The minimum Gasteiger partial charge on any atom is -0.484 e. The standard InChI is InChI=1S/C15H24N2O/c1-4-5-6-9-17-11-15(2,3)18-14-8-7-12(16)10-13(14)17/h7-8,10H,4-6,9,11,16H2,1-3H3. The molecule has 1 aromatic carbocycles. The van der Waals surface area contributed by atoms with Crippen molar-refractivity contribution >= 4 is 11.4 Å². The van der Waals surface area contributed by atoms with Crippen molar-refractivity contribution < 1.29 is 4.74 Å². The van der Waals surface area contributed by atoms with Crippen LogP contribution in [0.1, 0.15) is 40.0 Å². The Morgan fingerprint density at radius 3 is 2.83 bits per heavy atom. The summed E-state index contributed by atoms with van der Waals surface area (Å²) in [5.74, 6) is 0.956. The van der Waals surface area contributed by atoms with Gasteiger partial charge in [0.1, 0.15) is 11.4 Å². The SMILES string of the molecule is CCCCCN1CC(C)(C)Oc2ccc(N)cc21. The predicted molar refractivity (Wildman–Crippen MR) is 77.3 cm³/mol. The molecule has 18 heavy (non-hydrogen) atoms. The number of nitrogens with two attached hydrogens (primary N) is 1. The first kappa shape index (κ1) is 13.1. The van der Waals surface area contributed by atoms with E-state index in [0.717, 1.165) is 30.2 Å². The molecule has 0 saturated heterocycles. The number of ether oxygens (including phenoxy) is 1. The Hall–Kier alpha value is -1.38. The second-order valence-electron chi connectivity index (χ2n) is 5.72. The highest BCUT2D eigenvalue weighted by atomic mass is 16.5. The third-order valence-corrected chi connectivity index (χ3v) is 3.31. The first-order valence-electron chi connectivity index (χ1n) is 6.85. The van der Waals surface area contributed by atoms with Gasteiger partial charge in [0.2, 0.25) is 0 Å². The molecule has 0 spiro atoms. The van der Waals surface area contributed by atoms with Crippen LogP contribution in [-0.2, 0) is 0 Å². The first-order chi connectivity index (χ1) is 8.52. The number of anilines is 2. The molecule has 3 heteroatoms. The summed E-state index contributed by atoms with van der Waals surface area (Å²) < 4.78 is 6.01. The maximum absolute atomic E-state index is 6.01. The van der Waals surface area contributed by atoms with E-state index in [1.54, 1.807) is 0 Å². The van der Waals surface area contributed by atoms with E-state index in [1.807, 2.05) is 18.2 Å². The fraction of sp³-hybridized carbons (Fsp3) is 0.600. The van der Waals surface area contributed by atoms with Gasteiger partial charge in [-0.3, -0.25) is 0 Å². The van der Waals surface area contributed by atoms with E-state index >= 15 is 0 Å². The molecule has 3 nitrogen and oxygen atoms in total. The largest absolute Gasteiger partial charge is 0.484 e. The number of benzene rings is 1. The maximum Gasteiger partial charge on any atom is 0.143 e. The zero-order chi connectivity index (χ0) is 13.2. The number of unbranched alkanes of at least 4 members (excludes halogenated alkanes) is 2. The van der Waals surface area contributed by atoms with Gasteiger partial charge in [-0.25, -0.2) is 0 Å². The van der Waals surface area contributed by atoms with Gasteiger partial charge in [0.15, 0.2) is 0 Å². The molecular weight excluding hydrogens is 224 g/mol. The Morgan fingerprint density at radius 2 is 2.11 bits per heavy atom. The molecule has 1 heterocycles. The van der Waals surface area contributed by atoms with Crippen LogP contribution in [0, 0.1) is 0 Å². The highest BCUT2D eigenvalue weighted by molar-refractivity contribution is 5.66. The lowest BCUT2D eigenvalue weighted by Crippen LogP contribution is -2.47. The first-order valence-corrected chi connectivity index (χ1v) is 6.85. The average Bonchev–Trinajstić information content (AvgIpc) is 2.29. The van der Waals surface area contributed by atoms with Crippen molar-refractivity contribution in [3.8, 4) is 5.75 Å². The van der Waals surface area contributed by atoms with Gasteiger partial charge in [0, 0.05) is 12.2 Å². The van der Waals surface area contributed by atoms with Crippen molar-refractivity contribution in [1.82, 2.24) is 0 Å². The molecule has 2 N–H and O–H groups in total. The van der Waals surface area contributed by atoms with Crippen molar-refractivity contribution in [2.45, 2.75) is 45.6 Å². The molecule has 0 atom stereocenters.